The molecule has 1 aromatic rings. The smallest absolute Gasteiger partial charge is 0.213 e. The van der Waals surface area contributed by atoms with Crippen LogP contribution in [0.25, 0.3) is 0 Å². The van der Waals surface area contributed by atoms with Gasteiger partial charge in [-0.3, -0.25) is 0 Å². The molecule has 102 valence electrons. The minimum Gasteiger partial charge on any atom is -0.478 e. The molecule has 0 spiro atoms. The maximum atomic E-state index is 5.90. The fraction of sp³-hybridized carbons (Fsp3) is 0.667. The van der Waals surface area contributed by atoms with E-state index in [9.17, 15) is 0 Å². The van der Waals surface area contributed by atoms with Gasteiger partial charge in [0.15, 0.2) is 0 Å². The molecule has 0 atom stereocenters. The van der Waals surface area contributed by atoms with Crippen molar-refractivity contribution in [1.29, 1.82) is 0 Å². The zero-order valence-electron chi connectivity index (χ0n) is 11.9. The Balaban J connectivity index is 2.61. The lowest BCUT2D eigenvalue weighted by molar-refractivity contribution is 0.286. The molecule has 1 heterocycles. The topological polar surface area (TPSA) is 22.1 Å². The van der Waals surface area contributed by atoms with Crippen LogP contribution in [0, 0.1) is 5.92 Å². The van der Waals surface area contributed by atoms with Crippen LogP contribution < -0.4 is 4.74 Å². The van der Waals surface area contributed by atoms with Gasteiger partial charge in [0.25, 0.3) is 0 Å². The van der Waals surface area contributed by atoms with Crippen LogP contribution in [-0.4, -0.2) is 11.6 Å². The third-order valence-corrected chi connectivity index (χ3v) is 3.11. The fourth-order valence-corrected chi connectivity index (χ4v) is 1.85. The molecule has 2 nitrogen and oxygen atoms in total. The minimum atomic E-state index is 0.395. The second kappa shape index (κ2) is 7.63. The SMILES string of the molecule is CC(C)CCCOc1cc(CCl)cc(C(C)C)n1. The van der Waals surface area contributed by atoms with E-state index >= 15 is 0 Å². The van der Waals surface area contributed by atoms with Crippen LogP contribution in [0.4, 0.5) is 0 Å². The monoisotopic (exact) mass is 269 g/mol. The third-order valence-electron chi connectivity index (χ3n) is 2.80. The maximum Gasteiger partial charge on any atom is 0.213 e. The summed E-state index contributed by atoms with van der Waals surface area (Å²) in [6.07, 6.45) is 2.26. The summed E-state index contributed by atoms with van der Waals surface area (Å²) < 4.78 is 5.72. The Kier molecular flexibility index (Phi) is 6.48. The van der Waals surface area contributed by atoms with Crippen molar-refractivity contribution in [2.45, 2.75) is 52.3 Å². The molecule has 0 amide bonds. The van der Waals surface area contributed by atoms with E-state index in [0.29, 0.717) is 17.7 Å². The Bertz CT molecular complexity index is 364. The average Bonchev–Trinajstić information content (AvgIpc) is 2.34. The Morgan fingerprint density at radius 2 is 1.94 bits per heavy atom. The maximum absolute atomic E-state index is 5.90. The summed E-state index contributed by atoms with van der Waals surface area (Å²) in [6, 6.07) is 3.99. The molecule has 0 aliphatic rings. The Hall–Kier alpha value is -0.760. The molecule has 0 aliphatic heterocycles. The van der Waals surface area contributed by atoms with Crippen LogP contribution in [0.1, 0.15) is 57.7 Å². The molecule has 0 radical (unpaired) electrons. The number of hydrogen-bond acceptors (Lipinski definition) is 2. The molecular formula is C15H24ClNO. The van der Waals surface area contributed by atoms with E-state index in [-0.39, 0.29) is 0 Å². The Morgan fingerprint density at radius 3 is 2.50 bits per heavy atom. The van der Waals surface area contributed by atoms with Crippen molar-refractivity contribution in [3.63, 3.8) is 0 Å². The lowest BCUT2D eigenvalue weighted by atomic mass is 10.1. The molecule has 0 N–H and O–H groups in total. The van der Waals surface area contributed by atoms with Crippen LogP contribution in [0.3, 0.4) is 0 Å². The molecule has 0 fully saturated rings. The molecule has 0 aliphatic carbocycles. The molecule has 0 bridgehead atoms. The van der Waals surface area contributed by atoms with Crippen molar-refractivity contribution in [2.75, 3.05) is 6.61 Å². The predicted octanol–water partition coefficient (Wildman–Crippen LogP) is 4.76. The van der Waals surface area contributed by atoms with E-state index < -0.39 is 0 Å². The number of alkyl halides is 1. The highest BCUT2D eigenvalue weighted by Gasteiger charge is 2.07. The number of rotatable bonds is 7. The van der Waals surface area contributed by atoms with E-state index in [1.54, 1.807) is 0 Å². The first-order valence-corrected chi connectivity index (χ1v) is 7.26. The second-order valence-corrected chi connectivity index (χ2v) is 5.68. The predicted molar refractivity (Wildman–Crippen MR) is 77.5 cm³/mol. The normalized spacial score (nSPS) is 11.3. The molecule has 1 aromatic heterocycles. The minimum absolute atomic E-state index is 0.395. The summed E-state index contributed by atoms with van der Waals surface area (Å²) in [5.41, 5.74) is 2.13. The van der Waals surface area contributed by atoms with Crippen molar-refractivity contribution < 1.29 is 4.74 Å². The molecule has 0 saturated heterocycles. The van der Waals surface area contributed by atoms with Crippen molar-refractivity contribution in [2.24, 2.45) is 5.92 Å². The number of halogens is 1. The zero-order chi connectivity index (χ0) is 13.5. The summed E-state index contributed by atoms with van der Waals surface area (Å²) in [4.78, 5) is 4.52. The highest BCUT2D eigenvalue weighted by molar-refractivity contribution is 6.17. The number of pyridine rings is 1. The number of hydrogen-bond donors (Lipinski definition) is 0. The Labute approximate surface area is 116 Å². The number of nitrogens with zero attached hydrogens (tertiary/aromatic N) is 1. The zero-order valence-corrected chi connectivity index (χ0v) is 12.6. The van der Waals surface area contributed by atoms with Gasteiger partial charge in [0.1, 0.15) is 0 Å². The van der Waals surface area contributed by atoms with E-state index in [1.165, 1.54) is 6.42 Å². The van der Waals surface area contributed by atoms with Crippen LogP contribution in [0.2, 0.25) is 0 Å². The van der Waals surface area contributed by atoms with Gasteiger partial charge in [0.05, 0.1) is 6.61 Å². The van der Waals surface area contributed by atoms with E-state index in [2.05, 4.69) is 38.7 Å². The molecule has 0 aromatic carbocycles. The van der Waals surface area contributed by atoms with Gasteiger partial charge in [-0.15, -0.1) is 11.6 Å². The molecule has 3 heteroatoms. The Morgan fingerprint density at radius 1 is 1.22 bits per heavy atom. The highest BCUT2D eigenvalue weighted by Crippen LogP contribution is 2.20. The summed E-state index contributed by atoms with van der Waals surface area (Å²) >= 11 is 5.90. The first-order valence-electron chi connectivity index (χ1n) is 6.72. The quantitative estimate of drug-likeness (QED) is 0.526. The first-order chi connectivity index (χ1) is 8.52. The lowest BCUT2D eigenvalue weighted by Crippen LogP contribution is -2.04. The van der Waals surface area contributed by atoms with Gasteiger partial charge < -0.3 is 4.74 Å². The average molecular weight is 270 g/mol. The molecular weight excluding hydrogens is 246 g/mol. The van der Waals surface area contributed by atoms with Crippen molar-refractivity contribution in [3.8, 4) is 5.88 Å². The van der Waals surface area contributed by atoms with Crippen molar-refractivity contribution in [3.05, 3.63) is 23.4 Å². The van der Waals surface area contributed by atoms with Crippen LogP contribution in [-0.2, 0) is 5.88 Å². The summed E-state index contributed by atoms with van der Waals surface area (Å²) in [7, 11) is 0. The summed E-state index contributed by atoms with van der Waals surface area (Å²) in [6.45, 7) is 9.44. The molecule has 0 saturated carbocycles. The first kappa shape index (κ1) is 15.3. The van der Waals surface area contributed by atoms with Gasteiger partial charge in [0.2, 0.25) is 5.88 Å². The lowest BCUT2D eigenvalue weighted by Gasteiger charge is -2.11. The number of aromatic nitrogens is 1. The van der Waals surface area contributed by atoms with E-state index in [1.807, 2.05) is 6.07 Å². The summed E-state index contributed by atoms with van der Waals surface area (Å²) in [5.74, 6) is 2.33. The van der Waals surface area contributed by atoms with E-state index in [4.69, 9.17) is 16.3 Å². The third kappa shape index (κ3) is 5.26. The second-order valence-electron chi connectivity index (χ2n) is 5.41. The standard InChI is InChI=1S/C15H24ClNO/c1-11(2)6-5-7-18-15-9-13(10-16)8-14(17-15)12(3)4/h8-9,11-12H,5-7,10H2,1-4H3. The number of ether oxygens (including phenoxy) is 1. The molecule has 18 heavy (non-hydrogen) atoms. The summed E-state index contributed by atoms with van der Waals surface area (Å²) in [5, 5.41) is 0. The highest BCUT2D eigenvalue weighted by atomic mass is 35.5. The van der Waals surface area contributed by atoms with Gasteiger partial charge >= 0.3 is 0 Å². The van der Waals surface area contributed by atoms with Crippen molar-refractivity contribution >= 4 is 11.6 Å². The van der Waals surface area contributed by atoms with Crippen LogP contribution >= 0.6 is 11.6 Å². The molecule has 0 unspecified atom stereocenters. The van der Waals surface area contributed by atoms with Crippen LogP contribution in [0.5, 0.6) is 5.88 Å². The fourth-order valence-electron chi connectivity index (χ4n) is 1.70. The molecule has 1 rings (SSSR count). The van der Waals surface area contributed by atoms with E-state index in [0.717, 1.165) is 30.2 Å². The van der Waals surface area contributed by atoms with Gasteiger partial charge in [0, 0.05) is 17.6 Å². The van der Waals surface area contributed by atoms with Crippen LogP contribution in [0.15, 0.2) is 12.1 Å². The van der Waals surface area contributed by atoms with Gasteiger partial charge in [-0.05, 0) is 36.3 Å². The van der Waals surface area contributed by atoms with Gasteiger partial charge in [-0.25, -0.2) is 4.98 Å². The van der Waals surface area contributed by atoms with Gasteiger partial charge in [-0.2, -0.15) is 0 Å². The van der Waals surface area contributed by atoms with Crippen molar-refractivity contribution in [1.82, 2.24) is 4.98 Å². The largest absolute Gasteiger partial charge is 0.478 e. The van der Waals surface area contributed by atoms with Gasteiger partial charge in [-0.1, -0.05) is 27.7 Å².